The van der Waals surface area contributed by atoms with Gasteiger partial charge in [-0.1, -0.05) is 30.3 Å². The van der Waals surface area contributed by atoms with Gasteiger partial charge in [-0.05, 0) is 43.7 Å². The summed E-state index contributed by atoms with van der Waals surface area (Å²) < 4.78 is 5.09. The molecule has 0 saturated carbocycles. The molecule has 3 heteroatoms. The van der Waals surface area contributed by atoms with Crippen LogP contribution in [0.3, 0.4) is 0 Å². The van der Waals surface area contributed by atoms with Gasteiger partial charge >= 0.3 is 0 Å². The van der Waals surface area contributed by atoms with E-state index >= 15 is 0 Å². The van der Waals surface area contributed by atoms with Gasteiger partial charge in [0.1, 0.15) is 5.75 Å². The third kappa shape index (κ3) is 4.22. The summed E-state index contributed by atoms with van der Waals surface area (Å²) in [5.74, 6) is 0.723. The topological polar surface area (TPSA) is 38.3 Å². The smallest absolute Gasteiger partial charge is 0.187 e. The molecule has 0 unspecified atom stereocenters. The SMILES string of the molecule is COc1ccc(C(=O)/C=C(\C)N[C@@H](C)c2ccccc2)cc1. The molecule has 2 rings (SSSR count). The number of ketones is 1. The van der Waals surface area contributed by atoms with Gasteiger partial charge in [0.05, 0.1) is 7.11 Å². The van der Waals surface area contributed by atoms with Crippen LogP contribution < -0.4 is 10.1 Å². The Labute approximate surface area is 131 Å². The Morgan fingerprint density at radius 2 is 1.73 bits per heavy atom. The second kappa shape index (κ2) is 7.46. The van der Waals surface area contributed by atoms with Gasteiger partial charge in [0.2, 0.25) is 0 Å². The zero-order chi connectivity index (χ0) is 15.9. The van der Waals surface area contributed by atoms with Crippen LogP contribution in [0.5, 0.6) is 5.75 Å². The van der Waals surface area contributed by atoms with Crippen LogP contribution >= 0.6 is 0 Å². The number of carbonyl (C=O) groups excluding carboxylic acids is 1. The lowest BCUT2D eigenvalue weighted by Gasteiger charge is -2.15. The van der Waals surface area contributed by atoms with E-state index in [-0.39, 0.29) is 11.8 Å². The number of hydrogen-bond donors (Lipinski definition) is 1. The van der Waals surface area contributed by atoms with Crippen LogP contribution in [0.25, 0.3) is 0 Å². The van der Waals surface area contributed by atoms with E-state index in [1.165, 1.54) is 5.56 Å². The highest BCUT2D eigenvalue weighted by molar-refractivity contribution is 6.04. The first kappa shape index (κ1) is 15.8. The monoisotopic (exact) mass is 295 g/mol. The molecule has 3 nitrogen and oxygen atoms in total. The number of ether oxygens (including phenoxy) is 1. The zero-order valence-electron chi connectivity index (χ0n) is 13.2. The number of allylic oxidation sites excluding steroid dienone is 2. The molecule has 0 aromatic heterocycles. The third-order valence-corrected chi connectivity index (χ3v) is 3.47. The van der Waals surface area contributed by atoms with Crippen molar-refractivity contribution in [2.45, 2.75) is 19.9 Å². The molecule has 0 heterocycles. The Bertz CT molecular complexity index is 645. The van der Waals surface area contributed by atoms with Crippen LogP contribution in [0.4, 0.5) is 0 Å². The van der Waals surface area contributed by atoms with Gasteiger partial charge < -0.3 is 10.1 Å². The molecule has 0 aliphatic heterocycles. The van der Waals surface area contributed by atoms with Gasteiger partial charge in [-0.25, -0.2) is 0 Å². The second-order valence-corrected chi connectivity index (χ2v) is 5.20. The summed E-state index contributed by atoms with van der Waals surface area (Å²) in [6.07, 6.45) is 1.63. The summed E-state index contributed by atoms with van der Waals surface area (Å²) in [4.78, 5) is 12.2. The van der Waals surface area contributed by atoms with E-state index in [4.69, 9.17) is 4.74 Å². The van der Waals surface area contributed by atoms with Gasteiger partial charge in [-0.15, -0.1) is 0 Å². The number of benzene rings is 2. The molecule has 0 spiro atoms. The molecule has 0 amide bonds. The first-order valence-corrected chi connectivity index (χ1v) is 7.28. The molecule has 1 atom stereocenters. The highest BCUT2D eigenvalue weighted by Crippen LogP contribution is 2.15. The summed E-state index contributed by atoms with van der Waals surface area (Å²) >= 11 is 0. The van der Waals surface area contributed by atoms with Gasteiger partial charge in [0.25, 0.3) is 0 Å². The summed E-state index contributed by atoms with van der Waals surface area (Å²) in [6, 6.07) is 17.4. The van der Waals surface area contributed by atoms with Gasteiger partial charge in [0, 0.05) is 23.4 Å². The molecular weight excluding hydrogens is 274 g/mol. The summed E-state index contributed by atoms with van der Waals surface area (Å²) in [5, 5.41) is 3.33. The van der Waals surface area contributed by atoms with E-state index in [9.17, 15) is 4.79 Å². The standard InChI is InChI=1S/C19H21NO2/c1-14(20-15(2)16-7-5-4-6-8-16)13-19(21)17-9-11-18(22-3)12-10-17/h4-13,15,20H,1-3H3/b14-13+/t15-/m0/s1. The highest BCUT2D eigenvalue weighted by Gasteiger charge is 2.07. The molecule has 0 radical (unpaired) electrons. The van der Waals surface area contributed by atoms with E-state index in [0.717, 1.165) is 11.4 Å². The van der Waals surface area contributed by atoms with Crippen molar-refractivity contribution in [2.75, 3.05) is 7.11 Å². The van der Waals surface area contributed by atoms with Crippen LogP contribution in [-0.2, 0) is 0 Å². The van der Waals surface area contributed by atoms with Crippen molar-refractivity contribution in [3.63, 3.8) is 0 Å². The van der Waals surface area contributed by atoms with Gasteiger partial charge in [-0.2, -0.15) is 0 Å². The minimum Gasteiger partial charge on any atom is -0.497 e. The molecule has 2 aromatic carbocycles. The lowest BCUT2D eigenvalue weighted by Crippen LogP contribution is -2.17. The van der Waals surface area contributed by atoms with E-state index in [2.05, 4.69) is 24.4 Å². The summed E-state index contributed by atoms with van der Waals surface area (Å²) in [6.45, 7) is 3.98. The number of nitrogens with one attached hydrogen (secondary N) is 1. The fourth-order valence-electron chi connectivity index (χ4n) is 2.24. The quantitative estimate of drug-likeness (QED) is 0.643. The Morgan fingerprint density at radius 3 is 2.32 bits per heavy atom. The number of hydrogen-bond acceptors (Lipinski definition) is 3. The lowest BCUT2D eigenvalue weighted by molar-refractivity contribution is 0.104. The van der Waals surface area contributed by atoms with Crippen molar-refractivity contribution in [2.24, 2.45) is 0 Å². The Kier molecular flexibility index (Phi) is 5.37. The van der Waals surface area contributed by atoms with E-state index in [1.807, 2.05) is 25.1 Å². The molecule has 0 aliphatic carbocycles. The predicted octanol–water partition coefficient (Wildman–Crippen LogP) is 4.13. The number of rotatable bonds is 6. The summed E-state index contributed by atoms with van der Waals surface area (Å²) in [7, 11) is 1.61. The lowest BCUT2D eigenvalue weighted by atomic mass is 10.1. The van der Waals surface area contributed by atoms with Crippen molar-refractivity contribution < 1.29 is 9.53 Å². The summed E-state index contributed by atoms with van der Waals surface area (Å²) in [5.41, 5.74) is 2.68. The van der Waals surface area contributed by atoms with Crippen molar-refractivity contribution in [1.29, 1.82) is 0 Å². The van der Waals surface area contributed by atoms with Crippen molar-refractivity contribution >= 4 is 5.78 Å². The molecule has 0 fully saturated rings. The van der Waals surface area contributed by atoms with E-state index < -0.39 is 0 Å². The van der Waals surface area contributed by atoms with Crippen molar-refractivity contribution in [3.8, 4) is 5.75 Å². The molecule has 22 heavy (non-hydrogen) atoms. The first-order valence-electron chi connectivity index (χ1n) is 7.28. The maximum Gasteiger partial charge on any atom is 0.187 e. The second-order valence-electron chi connectivity index (χ2n) is 5.20. The fraction of sp³-hybridized carbons (Fsp3) is 0.211. The molecule has 0 bridgehead atoms. The molecule has 1 N–H and O–H groups in total. The fourth-order valence-corrected chi connectivity index (χ4v) is 2.24. The zero-order valence-corrected chi connectivity index (χ0v) is 13.2. The molecule has 2 aromatic rings. The minimum atomic E-state index is -0.0204. The van der Waals surface area contributed by atoms with E-state index in [1.54, 1.807) is 37.5 Å². The van der Waals surface area contributed by atoms with Crippen molar-refractivity contribution in [1.82, 2.24) is 5.32 Å². The average Bonchev–Trinajstić information content (AvgIpc) is 2.55. The highest BCUT2D eigenvalue weighted by atomic mass is 16.5. The third-order valence-electron chi connectivity index (χ3n) is 3.47. The van der Waals surface area contributed by atoms with Crippen molar-refractivity contribution in [3.05, 3.63) is 77.5 Å². The Hall–Kier alpha value is -2.55. The van der Waals surface area contributed by atoms with Crippen LogP contribution in [-0.4, -0.2) is 12.9 Å². The van der Waals surface area contributed by atoms with Crippen LogP contribution in [0, 0.1) is 0 Å². The van der Waals surface area contributed by atoms with Crippen LogP contribution in [0.1, 0.15) is 35.8 Å². The molecule has 114 valence electrons. The Morgan fingerprint density at radius 1 is 1.09 bits per heavy atom. The first-order chi connectivity index (χ1) is 10.6. The normalized spacial score (nSPS) is 12.6. The number of methoxy groups -OCH3 is 1. The van der Waals surface area contributed by atoms with Crippen LogP contribution in [0.15, 0.2) is 66.4 Å². The Balaban J connectivity index is 2.03. The van der Waals surface area contributed by atoms with Crippen LogP contribution in [0.2, 0.25) is 0 Å². The minimum absolute atomic E-state index is 0.0204. The number of carbonyl (C=O) groups is 1. The predicted molar refractivity (Wildman–Crippen MR) is 89.1 cm³/mol. The van der Waals surface area contributed by atoms with Gasteiger partial charge in [0.15, 0.2) is 5.78 Å². The van der Waals surface area contributed by atoms with E-state index in [0.29, 0.717) is 5.56 Å². The molecular formula is C19H21NO2. The van der Waals surface area contributed by atoms with Gasteiger partial charge in [-0.3, -0.25) is 4.79 Å². The molecule has 0 saturated heterocycles. The maximum absolute atomic E-state index is 12.2. The largest absolute Gasteiger partial charge is 0.497 e. The molecule has 0 aliphatic rings. The maximum atomic E-state index is 12.2. The average molecular weight is 295 g/mol.